The summed E-state index contributed by atoms with van der Waals surface area (Å²) in [4.78, 5) is 0. The summed E-state index contributed by atoms with van der Waals surface area (Å²) in [6, 6.07) is 0.638. The first kappa shape index (κ1) is 8.81. The zero-order valence-corrected chi connectivity index (χ0v) is 8.82. The second-order valence-corrected chi connectivity index (χ2v) is 4.60. The molecule has 0 amide bonds. The van der Waals surface area contributed by atoms with Gasteiger partial charge in [-0.3, -0.25) is 0 Å². The highest BCUT2D eigenvalue weighted by atomic mass is 32.1. The molecule has 2 rings (SSSR count). The van der Waals surface area contributed by atoms with Crippen LogP contribution in [0.4, 0.5) is 10.8 Å². The van der Waals surface area contributed by atoms with Crippen LogP contribution in [0.1, 0.15) is 25.3 Å². The molecular weight excluding hydrogens is 182 g/mol. The Labute approximate surface area is 82.5 Å². The first-order valence-electron chi connectivity index (χ1n) is 4.66. The van der Waals surface area contributed by atoms with E-state index >= 15 is 0 Å². The first-order chi connectivity index (χ1) is 6.18. The number of rotatable bonds is 2. The van der Waals surface area contributed by atoms with Crippen molar-refractivity contribution in [3.8, 4) is 0 Å². The van der Waals surface area contributed by atoms with Gasteiger partial charge in [0, 0.05) is 11.6 Å². The fourth-order valence-electron chi connectivity index (χ4n) is 1.53. The van der Waals surface area contributed by atoms with Gasteiger partial charge in [0.15, 0.2) is 0 Å². The lowest BCUT2D eigenvalue weighted by Crippen LogP contribution is -2.36. The number of nitrogens with zero attached hydrogens (tertiary/aromatic N) is 1. The second-order valence-electron chi connectivity index (χ2n) is 3.83. The molecule has 0 aromatic carbocycles. The minimum absolute atomic E-state index is 0.638. The Morgan fingerprint density at radius 1 is 1.54 bits per heavy atom. The third-order valence-corrected chi connectivity index (χ3v) is 3.79. The zero-order valence-electron chi connectivity index (χ0n) is 8.00. The van der Waals surface area contributed by atoms with E-state index in [0.717, 1.165) is 16.5 Å². The maximum Gasteiger partial charge on any atom is 0.142 e. The van der Waals surface area contributed by atoms with Crippen LogP contribution in [0.2, 0.25) is 0 Å². The Morgan fingerprint density at radius 2 is 2.31 bits per heavy atom. The van der Waals surface area contributed by atoms with Crippen molar-refractivity contribution in [2.45, 2.75) is 32.7 Å². The van der Waals surface area contributed by atoms with E-state index in [1.165, 1.54) is 24.4 Å². The summed E-state index contributed by atoms with van der Waals surface area (Å²) < 4.78 is 4.11. The Hall–Kier alpha value is -0.770. The summed E-state index contributed by atoms with van der Waals surface area (Å²) >= 11 is 1.47. The predicted octanol–water partition coefficient (Wildman–Crippen LogP) is 2.24. The van der Waals surface area contributed by atoms with Gasteiger partial charge in [0.25, 0.3) is 0 Å². The topological polar surface area (TPSA) is 50.9 Å². The summed E-state index contributed by atoms with van der Waals surface area (Å²) in [7, 11) is 0. The predicted molar refractivity (Wildman–Crippen MR) is 57.1 cm³/mol. The molecule has 1 saturated carbocycles. The van der Waals surface area contributed by atoms with Crippen molar-refractivity contribution in [3.05, 3.63) is 5.56 Å². The maximum absolute atomic E-state index is 5.67. The van der Waals surface area contributed by atoms with Gasteiger partial charge >= 0.3 is 0 Å². The fourth-order valence-corrected chi connectivity index (χ4v) is 2.30. The molecule has 4 heteroatoms. The van der Waals surface area contributed by atoms with E-state index in [9.17, 15) is 0 Å². The number of hydrogen-bond acceptors (Lipinski definition) is 4. The summed E-state index contributed by atoms with van der Waals surface area (Å²) in [6.45, 7) is 4.30. The molecule has 3 N–H and O–H groups in total. The first-order valence-corrected chi connectivity index (χ1v) is 5.44. The van der Waals surface area contributed by atoms with Crippen LogP contribution < -0.4 is 11.1 Å². The van der Waals surface area contributed by atoms with E-state index in [4.69, 9.17) is 5.73 Å². The fraction of sp³-hybridized carbons (Fsp3) is 0.667. The Balaban J connectivity index is 2.05. The summed E-state index contributed by atoms with van der Waals surface area (Å²) in [5, 5.41) is 4.64. The standard InChI is InChI=1S/C9H15N3S/c1-5-3-4-7(5)11-9-6(2)8(10)12-13-9/h5,7,11H,3-4H2,1-2H3,(H2,10,12). The number of anilines is 2. The summed E-state index contributed by atoms with van der Waals surface area (Å²) in [5.74, 6) is 1.46. The Kier molecular flexibility index (Phi) is 2.15. The molecule has 0 aliphatic heterocycles. The van der Waals surface area contributed by atoms with E-state index in [1.54, 1.807) is 0 Å². The van der Waals surface area contributed by atoms with Crippen LogP contribution >= 0.6 is 11.5 Å². The smallest absolute Gasteiger partial charge is 0.142 e. The van der Waals surface area contributed by atoms with Crippen molar-refractivity contribution in [1.29, 1.82) is 0 Å². The molecule has 1 fully saturated rings. The zero-order chi connectivity index (χ0) is 9.42. The van der Waals surface area contributed by atoms with Gasteiger partial charge < -0.3 is 11.1 Å². The molecule has 1 aliphatic rings. The number of hydrogen-bond donors (Lipinski definition) is 2. The van der Waals surface area contributed by atoms with Gasteiger partial charge in [-0.1, -0.05) is 6.92 Å². The van der Waals surface area contributed by atoms with Gasteiger partial charge in [-0.15, -0.1) is 0 Å². The van der Waals surface area contributed by atoms with Crippen molar-refractivity contribution < 1.29 is 0 Å². The van der Waals surface area contributed by atoms with Gasteiger partial charge in [0.2, 0.25) is 0 Å². The SMILES string of the molecule is Cc1c(N)nsc1NC1CCC1C. The molecule has 72 valence electrons. The molecule has 0 radical (unpaired) electrons. The lowest BCUT2D eigenvalue weighted by molar-refractivity contribution is 0.304. The van der Waals surface area contributed by atoms with E-state index in [1.807, 2.05) is 6.92 Å². The van der Waals surface area contributed by atoms with Gasteiger partial charge in [-0.2, -0.15) is 4.37 Å². The molecule has 1 heterocycles. The van der Waals surface area contributed by atoms with E-state index < -0.39 is 0 Å². The third-order valence-electron chi connectivity index (χ3n) is 2.90. The van der Waals surface area contributed by atoms with Gasteiger partial charge in [0.1, 0.15) is 10.8 Å². The molecule has 0 spiro atoms. The van der Waals surface area contributed by atoms with Crippen molar-refractivity contribution in [2.75, 3.05) is 11.1 Å². The quantitative estimate of drug-likeness (QED) is 0.764. The minimum Gasteiger partial charge on any atom is -0.383 e. The summed E-state index contributed by atoms with van der Waals surface area (Å²) in [6.07, 6.45) is 2.61. The normalized spacial score (nSPS) is 26.9. The molecule has 3 nitrogen and oxygen atoms in total. The van der Waals surface area contributed by atoms with E-state index in [-0.39, 0.29) is 0 Å². The molecule has 1 aromatic heterocycles. The monoisotopic (exact) mass is 197 g/mol. The number of aromatic nitrogens is 1. The highest BCUT2D eigenvalue weighted by Crippen LogP contribution is 2.33. The van der Waals surface area contributed by atoms with Crippen LogP contribution in [-0.4, -0.2) is 10.4 Å². The van der Waals surface area contributed by atoms with Crippen molar-refractivity contribution in [1.82, 2.24) is 4.37 Å². The highest BCUT2D eigenvalue weighted by Gasteiger charge is 2.27. The molecular formula is C9H15N3S. The second kappa shape index (κ2) is 3.18. The Morgan fingerprint density at radius 3 is 2.69 bits per heavy atom. The van der Waals surface area contributed by atoms with Gasteiger partial charge in [0.05, 0.1) is 0 Å². The van der Waals surface area contributed by atoms with Crippen LogP contribution in [0.25, 0.3) is 0 Å². The number of nitrogens with one attached hydrogen (secondary N) is 1. The van der Waals surface area contributed by atoms with E-state index in [2.05, 4.69) is 16.6 Å². The highest BCUT2D eigenvalue weighted by molar-refractivity contribution is 7.10. The lowest BCUT2D eigenvalue weighted by atomic mass is 9.81. The molecule has 13 heavy (non-hydrogen) atoms. The number of nitrogen functional groups attached to an aromatic ring is 1. The van der Waals surface area contributed by atoms with Crippen LogP contribution in [-0.2, 0) is 0 Å². The van der Waals surface area contributed by atoms with Gasteiger partial charge in [-0.25, -0.2) is 0 Å². The maximum atomic E-state index is 5.67. The van der Waals surface area contributed by atoms with Crippen LogP contribution in [0, 0.1) is 12.8 Å². The third kappa shape index (κ3) is 1.50. The Bertz CT molecular complexity index is 308. The molecule has 0 saturated heterocycles. The molecule has 2 atom stereocenters. The minimum atomic E-state index is 0.638. The largest absolute Gasteiger partial charge is 0.383 e. The molecule has 1 aromatic rings. The van der Waals surface area contributed by atoms with Crippen LogP contribution in [0.15, 0.2) is 0 Å². The van der Waals surface area contributed by atoms with Crippen molar-refractivity contribution >= 4 is 22.4 Å². The van der Waals surface area contributed by atoms with Crippen LogP contribution in [0.5, 0.6) is 0 Å². The summed E-state index contributed by atoms with van der Waals surface area (Å²) in [5.41, 5.74) is 6.77. The van der Waals surface area contributed by atoms with Crippen LogP contribution in [0.3, 0.4) is 0 Å². The van der Waals surface area contributed by atoms with Gasteiger partial charge in [-0.05, 0) is 37.2 Å². The molecule has 1 aliphatic carbocycles. The van der Waals surface area contributed by atoms with Crippen molar-refractivity contribution in [3.63, 3.8) is 0 Å². The average molecular weight is 197 g/mol. The molecule has 0 bridgehead atoms. The average Bonchev–Trinajstić information content (AvgIpc) is 2.42. The lowest BCUT2D eigenvalue weighted by Gasteiger charge is -2.34. The van der Waals surface area contributed by atoms with Crippen molar-refractivity contribution in [2.24, 2.45) is 5.92 Å². The van der Waals surface area contributed by atoms with E-state index in [0.29, 0.717) is 11.9 Å². The molecule has 2 unspecified atom stereocenters. The number of nitrogens with two attached hydrogens (primary N) is 1.